The maximum absolute atomic E-state index is 11.9. The fraction of sp³-hybridized carbons (Fsp3) is 0. The van der Waals surface area contributed by atoms with Gasteiger partial charge in [-0.1, -0.05) is 11.6 Å². The van der Waals surface area contributed by atoms with Crippen LogP contribution in [0.1, 0.15) is 0 Å². The molecule has 0 bridgehead atoms. The second-order valence-corrected chi connectivity index (χ2v) is 5.49. The highest BCUT2D eigenvalue weighted by Crippen LogP contribution is 2.14. The van der Waals surface area contributed by atoms with E-state index in [1.54, 1.807) is 0 Å². The minimum absolute atomic E-state index is 0.0434. The second-order valence-electron chi connectivity index (χ2n) is 3.40. The number of hydrogen-bond acceptors (Lipinski definition) is 5. The van der Waals surface area contributed by atoms with Crippen LogP contribution in [0.2, 0.25) is 5.02 Å². The van der Waals surface area contributed by atoms with Crippen LogP contribution in [0.25, 0.3) is 0 Å². The lowest BCUT2D eigenvalue weighted by molar-refractivity contribution is 0.599. The van der Waals surface area contributed by atoms with Gasteiger partial charge in [0.15, 0.2) is 4.90 Å². The molecule has 2 aromatic heterocycles. The van der Waals surface area contributed by atoms with E-state index in [2.05, 4.69) is 14.7 Å². The van der Waals surface area contributed by atoms with Crippen molar-refractivity contribution in [1.82, 2.24) is 15.0 Å². The largest absolute Gasteiger partial charge is 0.325 e. The first kappa shape index (κ1) is 13.3. The molecule has 19 heavy (non-hydrogen) atoms. The molecule has 8 nitrogen and oxygen atoms in total. The molecule has 2 heterocycles. The van der Waals surface area contributed by atoms with E-state index in [9.17, 15) is 18.0 Å². The minimum Gasteiger partial charge on any atom is -0.313 e. The first-order valence-corrected chi connectivity index (χ1v) is 6.71. The Hall–Kier alpha value is -2.13. The summed E-state index contributed by atoms with van der Waals surface area (Å²) in [6.45, 7) is 0. The number of rotatable bonds is 3. The lowest BCUT2D eigenvalue weighted by Gasteiger charge is -2.05. The van der Waals surface area contributed by atoms with Crippen LogP contribution in [0, 0.1) is 0 Å². The SMILES string of the molecule is O=c1[nH]cc(S(=O)(=O)Nc2cc(Cl)ccn2)c(=O)[nH]1. The molecule has 3 N–H and O–H groups in total. The van der Waals surface area contributed by atoms with Gasteiger partial charge in [-0.3, -0.25) is 14.5 Å². The van der Waals surface area contributed by atoms with E-state index in [1.165, 1.54) is 18.3 Å². The van der Waals surface area contributed by atoms with E-state index in [0.29, 0.717) is 0 Å². The van der Waals surface area contributed by atoms with Gasteiger partial charge in [-0.05, 0) is 6.07 Å². The summed E-state index contributed by atoms with van der Waals surface area (Å²) in [4.78, 5) is 29.2. The zero-order valence-electron chi connectivity index (χ0n) is 9.18. The summed E-state index contributed by atoms with van der Waals surface area (Å²) in [6, 6.07) is 2.74. The summed E-state index contributed by atoms with van der Waals surface area (Å²) in [5.74, 6) is -0.0434. The molecule has 0 aliphatic carbocycles. The third-order valence-corrected chi connectivity index (χ3v) is 3.63. The number of nitrogens with one attached hydrogen (secondary N) is 3. The van der Waals surface area contributed by atoms with Crippen molar-refractivity contribution in [1.29, 1.82) is 0 Å². The van der Waals surface area contributed by atoms with Gasteiger partial charge in [-0.25, -0.2) is 18.2 Å². The smallest absolute Gasteiger partial charge is 0.313 e. The first-order valence-electron chi connectivity index (χ1n) is 4.85. The maximum atomic E-state index is 11.9. The van der Waals surface area contributed by atoms with Gasteiger partial charge in [0.05, 0.1) is 0 Å². The van der Waals surface area contributed by atoms with Crippen LogP contribution in [0.5, 0.6) is 0 Å². The molecule has 0 amide bonds. The number of hydrogen-bond donors (Lipinski definition) is 3. The van der Waals surface area contributed by atoms with E-state index in [-0.39, 0.29) is 10.8 Å². The van der Waals surface area contributed by atoms with Crippen LogP contribution in [-0.4, -0.2) is 23.4 Å². The minimum atomic E-state index is -4.16. The van der Waals surface area contributed by atoms with Gasteiger partial charge in [0.2, 0.25) is 0 Å². The fourth-order valence-corrected chi connectivity index (χ4v) is 2.42. The molecule has 2 aromatic rings. The molecule has 0 spiro atoms. The van der Waals surface area contributed by atoms with Gasteiger partial charge in [-0.15, -0.1) is 0 Å². The Morgan fingerprint density at radius 2 is 2.05 bits per heavy atom. The molecular weight excluding hydrogens is 296 g/mol. The summed E-state index contributed by atoms with van der Waals surface area (Å²) in [5, 5.41) is 0.281. The van der Waals surface area contributed by atoms with Crippen molar-refractivity contribution < 1.29 is 8.42 Å². The molecule has 0 saturated heterocycles. The normalized spacial score (nSPS) is 11.2. The van der Waals surface area contributed by atoms with Crippen LogP contribution in [0.4, 0.5) is 5.82 Å². The van der Waals surface area contributed by atoms with E-state index in [4.69, 9.17) is 11.6 Å². The van der Waals surface area contributed by atoms with Crippen LogP contribution >= 0.6 is 11.6 Å². The Kier molecular flexibility index (Phi) is 3.40. The van der Waals surface area contributed by atoms with Gasteiger partial charge >= 0.3 is 5.69 Å². The first-order chi connectivity index (χ1) is 8.88. The summed E-state index contributed by atoms with van der Waals surface area (Å²) < 4.78 is 25.9. The zero-order chi connectivity index (χ0) is 14.0. The maximum Gasteiger partial charge on any atom is 0.325 e. The molecule has 0 saturated carbocycles. The molecule has 0 aliphatic rings. The van der Waals surface area contributed by atoms with Crippen molar-refractivity contribution in [2.75, 3.05) is 4.72 Å². The number of nitrogens with zero attached hydrogens (tertiary/aromatic N) is 1. The number of aromatic nitrogens is 3. The van der Waals surface area contributed by atoms with Crippen LogP contribution in [0.15, 0.2) is 39.0 Å². The van der Waals surface area contributed by atoms with Gasteiger partial charge in [0.1, 0.15) is 5.82 Å². The molecule has 0 aromatic carbocycles. The molecule has 10 heteroatoms. The molecule has 0 fully saturated rings. The highest BCUT2D eigenvalue weighted by atomic mass is 35.5. The molecular formula is C9H7ClN4O4S. The number of H-pyrrole nitrogens is 2. The molecule has 0 unspecified atom stereocenters. The Bertz CT molecular complexity index is 826. The Labute approximate surface area is 111 Å². The predicted molar refractivity (Wildman–Crippen MR) is 67.7 cm³/mol. The average molecular weight is 303 g/mol. The van der Waals surface area contributed by atoms with Crippen LogP contribution in [-0.2, 0) is 10.0 Å². The molecule has 0 atom stereocenters. The lowest BCUT2D eigenvalue weighted by Crippen LogP contribution is -2.29. The summed E-state index contributed by atoms with van der Waals surface area (Å²) in [7, 11) is -4.16. The average Bonchev–Trinajstić information content (AvgIpc) is 2.27. The quantitative estimate of drug-likeness (QED) is 0.731. The van der Waals surface area contributed by atoms with Crippen molar-refractivity contribution in [2.45, 2.75) is 4.90 Å². The number of anilines is 1. The monoisotopic (exact) mass is 302 g/mol. The van der Waals surface area contributed by atoms with Crippen molar-refractivity contribution in [3.8, 4) is 0 Å². The van der Waals surface area contributed by atoms with Crippen LogP contribution < -0.4 is 16.0 Å². The van der Waals surface area contributed by atoms with Crippen LogP contribution in [0.3, 0.4) is 0 Å². The molecule has 0 aliphatic heterocycles. The van der Waals surface area contributed by atoms with Gasteiger partial charge in [0, 0.05) is 23.5 Å². The third-order valence-electron chi connectivity index (χ3n) is 2.04. The van der Waals surface area contributed by atoms with Crippen molar-refractivity contribution in [3.05, 3.63) is 50.4 Å². The van der Waals surface area contributed by atoms with Crippen molar-refractivity contribution in [2.24, 2.45) is 0 Å². The number of sulfonamides is 1. The molecule has 100 valence electrons. The number of aromatic amines is 2. The fourth-order valence-electron chi connectivity index (χ4n) is 1.25. The zero-order valence-corrected chi connectivity index (χ0v) is 10.7. The van der Waals surface area contributed by atoms with Gasteiger partial charge in [0.25, 0.3) is 15.6 Å². The van der Waals surface area contributed by atoms with Gasteiger partial charge < -0.3 is 4.98 Å². The topological polar surface area (TPSA) is 125 Å². The van der Waals surface area contributed by atoms with Crippen molar-refractivity contribution in [3.63, 3.8) is 0 Å². The predicted octanol–water partition coefficient (Wildman–Crippen LogP) is -0.0876. The Morgan fingerprint density at radius 1 is 1.32 bits per heavy atom. The highest BCUT2D eigenvalue weighted by molar-refractivity contribution is 7.92. The molecule has 2 rings (SSSR count). The highest BCUT2D eigenvalue weighted by Gasteiger charge is 2.19. The summed E-state index contributed by atoms with van der Waals surface area (Å²) >= 11 is 5.68. The number of pyridine rings is 1. The summed E-state index contributed by atoms with van der Waals surface area (Å²) in [5.41, 5.74) is -1.83. The van der Waals surface area contributed by atoms with Gasteiger partial charge in [-0.2, -0.15) is 0 Å². The Morgan fingerprint density at radius 3 is 2.68 bits per heavy atom. The van der Waals surface area contributed by atoms with E-state index < -0.39 is 26.2 Å². The third kappa shape index (κ3) is 3.01. The van der Waals surface area contributed by atoms with E-state index in [0.717, 1.165) is 6.20 Å². The summed E-state index contributed by atoms with van der Waals surface area (Å²) in [6.07, 6.45) is 2.10. The standard InChI is InChI=1S/C9H7ClN4O4S/c10-5-1-2-11-7(3-5)14-19(17,18)6-4-12-9(16)13-8(6)15/h1-4H,(H,11,14)(H2,12,13,15,16). The molecule has 0 radical (unpaired) electrons. The second kappa shape index (κ2) is 4.86. The Balaban J connectivity index is 2.43. The number of halogens is 1. The lowest BCUT2D eigenvalue weighted by atomic mass is 10.5. The van der Waals surface area contributed by atoms with Crippen molar-refractivity contribution >= 4 is 27.4 Å². The van der Waals surface area contributed by atoms with E-state index >= 15 is 0 Å². The van der Waals surface area contributed by atoms with E-state index in [1.807, 2.05) is 4.98 Å².